The maximum Gasteiger partial charge on any atom is 0.247 e. The van der Waals surface area contributed by atoms with Gasteiger partial charge in [0, 0.05) is 12.1 Å². The third-order valence-corrected chi connectivity index (χ3v) is 4.04. The van der Waals surface area contributed by atoms with E-state index in [2.05, 4.69) is 5.32 Å². The van der Waals surface area contributed by atoms with E-state index in [0.29, 0.717) is 0 Å². The van der Waals surface area contributed by atoms with E-state index in [9.17, 15) is 14.0 Å². The van der Waals surface area contributed by atoms with Gasteiger partial charge in [0.05, 0.1) is 12.5 Å². The van der Waals surface area contributed by atoms with Crippen LogP contribution < -0.4 is 5.32 Å². The first-order valence-corrected chi connectivity index (χ1v) is 7.31. The lowest BCUT2D eigenvalue weighted by molar-refractivity contribution is -0.141. The first-order valence-electron chi connectivity index (χ1n) is 7.31. The minimum Gasteiger partial charge on any atom is -0.299 e. The lowest BCUT2D eigenvalue weighted by Gasteiger charge is -2.23. The highest BCUT2D eigenvalue weighted by molar-refractivity contribution is 6.05. The predicted molar refractivity (Wildman–Crippen MR) is 78.0 cm³/mol. The second-order valence-corrected chi connectivity index (χ2v) is 5.56. The van der Waals surface area contributed by atoms with E-state index in [1.165, 1.54) is 17.0 Å². The summed E-state index contributed by atoms with van der Waals surface area (Å²) >= 11 is 0. The summed E-state index contributed by atoms with van der Waals surface area (Å²) in [7, 11) is 0. The third kappa shape index (κ3) is 3.29. The van der Waals surface area contributed by atoms with Crippen LogP contribution in [0.25, 0.3) is 0 Å². The van der Waals surface area contributed by atoms with Crippen molar-refractivity contribution in [3.63, 3.8) is 0 Å². The van der Waals surface area contributed by atoms with Crippen molar-refractivity contribution in [2.45, 2.75) is 51.7 Å². The summed E-state index contributed by atoms with van der Waals surface area (Å²) < 4.78 is 12.9. The number of rotatable bonds is 5. The van der Waals surface area contributed by atoms with E-state index in [4.69, 9.17) is 0 Å². The number of hydrogen-bond acceptors (Lipinski definition) is 3. The maximum atomic E-state index is 12.9. The van der Waals surface area contributed by atoms with E-state index in [1.807, 2.05) is 20.8 Å². The number of carbonyl (C=O) groups excluding carboxylic acids is 2. The van der Waals surface area contributed by atoms with E-state index < -0.39 is 6.04 Å². The molecule has 2 amide bonds. The van der Waals surface area contributed by atoms with Crippen LogP contribution in [0, 0.1) is 5.82 Å². The zero-order chi connectivity index (χ0) is 15.6. The molecule has 0 saturated carbocycles. The molecule has 0 aromatic heterocycles. The summed E-state index contributed by atoms with van der Waals surface area (Å²) in [6.07, 6.45) is 0.937. The molecule has 0 spiro atoms. The van der Waals surface area contributed by atoms with Crippen LogP contribution in [-0.4, -0.2) is 28.8 Å². The monoisotopic (exact) mass is 292 g/mol. The van der Waals surface area contributed by atoms with Crippen LogP contribution in [0.2, 0.25) is 0 Å². The fourth-order valence-corrected chi connectivity index (χ4v) is 2.58. The quantitative estimate of drug-likeness (QED) is 0.848. The molecule has 3 unspecified atom stereocenters. The Bertz CT molecular complexity index is 530. The van der Waals surface area contributed by atoms with Gasteiger partial charge >= 0.3 is 0 Å². The molecular weight excluding hydrogens is 271 g/mol. The smallest absolute Gasteiger partial charge is 0.247 e. The van der Waals surface area contributed by atoms with Crippen LogP contribution in [-0.2, 0) is 9.59 Å². The Morgan fingerprint density at radius 2 is 1.90 bits per heavy atom. The Labute approximate surface area is 124 Å². The largest absolute Gasteiger partial charge is 0.299 e. The number of hydrogen-bond donors (Lipinski definition) is 1. The Balaban J connectivity index is 2.05. The summed E-state index contributed by atoms with van der Waals surface area (Å²) in [4.78, 5) is 25.6. The number of nitrogens with zero attached hydrogens (tertiary/aromatic N) is 1. The van der Waals surface area contributed by atoms with Gasteiger partial charge in [-0.05, 0) is 38.0 Å². The summed E-state index contributed by atoms with van der Waals surface area (Å²) in [5.41, 5.74) is 0.888. The summed E-state index contributed by atoms with van der Waals surface area (Å²) in [6.45, 7) is 5.73. The van der Waals surface area contributed by atoms with Crippen LogP contribution in [0.3, 0.4) is 0 Å². The Morgan fingerprint density at radius 1 is 1.29 bits per heavy atom. The number of halogens is 1. The molecule has 1 N–H and O–H groups in total. The molecule has 0 radical (unpaired) electrons. The molecule has 3 atom stereocenters. The minimum atomic E-state index is -0.494. The van der Waals surface area contributed by atoms with Gasteiger partial charge in [0.15, 0.2) is 0 Å². The molecule has 1 heterocycles. The predicted octanol–water partition coefficient (Wildman–Crippen LogP) is 2.40. The zero-order valence-corrected chi connectivity index (χ0v) is 12.6. The number of imide groups is 1. The molecule has 5 heteroatoms. The molecule has 0 bridgehead atoms. The molecule has 21 heavy (non-hydrogen) atoms. The van der Waals surface area contributed by atoms with Crippen molar-refractivity contribution in [1.82, 2.24) is 10.2 Å². The van der Waals surface area contributed by atoms with Crippen LogP contribution in [0.4, 0.5) is 4.39 Å². The molecular formula is C16H21FN2O2. The highest BCUT2D eigenvalue weighted by Crippen LogP contribution is 2.21. The molecule has 2 rings (SSSR count). The SMILES string of the molecule is CCC(C)N1C(=O)CC(NC(C)c2ccc(F)cc2)C1=O. The molecule has 0 aliphatic carbocycles. The van der Waals surface area contributed by atoms with E-state index in [1.54, 1.807) is 12.1 Å². The standard InChI is InChI=1S/C16H21FN2O2/c1-4-10(2)19-15(20)9-14(16(19)21)18-11(3)12-5-7-13(17)8-6-12/h5-8,10-11,14,18H,4,9H2,1-3H3. The van der Waals surface area contributed by atoms with Crippen molar-refractivity contribution in [3.8, 4) is 0 Å². The molecule has 1 aromatic carbocycles. The Morgan fingerprint density at radius 3 is 2.48 bits per heavy atom. The van der Waals surface area contributed by atoms with Crippen LogP contribution >= 0.6 is 0 Å². The highest BCUT2D eigenvalue weighted by atomic mass is 19.1. The normalized spacial score (nSPS) is 21.7. The molecule has 114 valence electrons. The van der Waals surface area contributed by atoms with Crippen molar-refractivity contribution in [2.75, 3.05) is 0 Å². The Kier molecular flexibility index (Phi) is 4.73. The zero-order valence-electron chi connectivity index (χ0n) is 12.6. The van der Waals surface area contributed by atoms with Gasteiger partial charge in [0.2, 0.25) is 11.8 Å². The van der Waals surface area contributed by atoms with Crippen molar-refractivity contribution in [2.24, 2.45) is 0 Å². The van der Waals surface area contributed by atoms with Gasteiger partial charge in [0.1, 0.15) is 5.82 Å². The van der Waals surface area contributed by atoms with Crippen molar-refractivity contribution in [1.29, 1.82) is 0 Å². The summed E-state index contributed by atoms with van der Waals surface area (Å²) in [6, 6.07) is 5.46. The number of carbonyl (C=O) groups is 2. The fraction of sp³-hybridized carbons (Fsp3) is 0.500. The number of likely N-dealkylation sites (tertiary alicyclic amines) is 1. The second-order valence-electron chi connectivity index (χ2n) is 5.56. The average molecular weight is 292 g/mol. The van der Waals surface area contributed by atoms with Gasteiger partial charge in [-0.2, -0.15) is 0 Å². The van der Waals surface area contributed by atoms with Crippen molar-refractivity contribution < 1.29 is 14.0 Å². The topological polar surface area (TPSA) is 49.4 Å². The molecule has 1 fully saturated rings. The van der Waals surface area contributed by atoms with Gasteiger partial charge in [-0.25, -0.2) is 4.39 Å². The first kappa shape index (κ1) is 15.6. The van der Waals surface area contributed by atoms with Crippen LogP contribution in [0.5, 0.6) is 0 Å². The number of nitrogens with one attached hydrogen (secondary N) is 1. The van der Waals surface area contributed by atoms with Crippen molar-refractivity contribution in [3.05, 3.63) is 35.6 Å². The molecule has 4 nitrogen and oxygen atoms in total. The molecule has 1 aliphatic rings. The van der Waals surface area contributed by atoms with Gasteiger partial charge < -0.3 is 0 Å². The lowest BCUT2D eigenvalue weighted by atomic mass is 10.1. The number of amides is 2. The van der Waals surface area contributed by atoms with Crippen molar-refractivity contribution >= 4 is 11.8 Å². The van der Waals surface area contributed by atoms with Gasteiger partial charge in [-0.15, -0.1) is 0 Å². The Hall–Kier alpha value is -1.75. The molecule has 1 aliphatic heterocycles. The third-order valence-electron chi connectivity index (χ3n) is 4.04. The highest BCUT2D eigenvalue weighted by Gasteiger charge is 2.40. The fourth-order valence-electron chi connectivity index (χ4n) is 2.58. The second kappa shape index (κ2) is 6.35. The van der Waals surface area contributed by atoms with Crippen LogP contribution in [0.1, 0.15) is 45.2 Å². The van der Waals surface area contributed by atoms with E-state index >= 15 is 0 Å². The van der Waals surface area contributed by atoms with Gasteiger partial charge in [0.25, 0.3) is 0 Å². The minimum absolute atomic E-state index is 0.0714. The lowest BCUT2D eigenvalue weighted by Crippen LogP contribution is -2.43. The molecule has 1 aromatic rings. The summed E-state index contributed by atoms with van der Waals surface area (Å²) in [5.74, 6) is -0.581. The number of benzene rings is 1. The van der Waals surface area contributed by atoms with E-state index in [-0.39, 0.29) is 36.1 Å². The van der Waals surface area contributed by atoms with Crippen LogP contribution in [0.15, 0.2) is 24.3 Å². The first-order chi connectivity index (χ1) is 9.93. The van der Waals surface area contributed by atoms with Gasteiger partial charge in [-0.1, -0.05) is 19.1 Å². The average Bonchev–Trinajstić information content (AvgIpc) is 2.73. The van der Waals surface area contributed by atoms with E-state index in [0.717, 1.165) is 12.0 Å². The van der Waals surface area contributed by atoms with Gasteiger partial charge in [-0.3, -0.25) is 19.8 Å². The molecule has 1 saturated heterocycles. The maximum absolute atomic E-state index is 12.9. The summed E-state index contributed by atoms with van der Waals surface area (Å²) in [5, 5.41) is 3.17.